The molecule has 0 bridgehead atoms. The van der Waals surface area contributed by atoms with Gasteiger partial charge in [0.2, 0.25) is 0 Å². The number of ether oxygens (including phenoxy) is 4. The lowest BCUT2D eigenvalue weighted by Gasteiger charge is -2.16. The third kappa shape index (κ3) is 4.01. The number of benzene rings is 3. The van der Waals surface area contributed by atoms with E-state index < -0.39 is 11.8 Å². The van der Waals surface area contributed by atoms with Gasteiger partial charge in [-0.2, -0.15) is 0 Å². The second-order valence-corrected chi connectivity index (χ2v) is 7.29. The molecule has 0 atom stereocenters. The number of hydrogen-bond donors (Lipinski definition) is 1. The van der Waals surface area contributed by atoms with Crippen LogP contribution < -0.4 is 29.2 Å². The summed E-state index contributed by atoms with van der Waals surface area (Å²) in [6.45, 7) is 0. The highest BCUT2D eigenvalue weighted by Crippen LogP contribution is 2.39. The molecule has 8 nitrogen and oxygen atoms in total. The second kappa shape index (κ2) is 9.58. The first-order chi connectivity index (χ1) is 16.5. The van der Waals surface area contributed by atoms with E-state index in [1.165, 1.54) is 21.3 Å². The lowest BCUT2D eigenvalue weighted by Crippen LogP contribution is -2.32. The maximum Gasteiger partial charge on any atom is 0.282 e. The quantitative estimate of drug-likeness (QED) is 0.506. The average Bonchev–Trinajstić information content (AvgIpc) is 3.12. The molecular weight excluding hydrogens is 436 g/mol. The Morgan fingerprint density at radius 3 is 2.00 bits per heavy atom. The fraction of sp³-hybridized carbons (Fsp3) is 0.154. The monoisotopic (exact) mass is 460 g/mol. The molecule has 0 radical (unpaired) electrons. The van der Waals surface area contributed by atoms with Crippen molar-refractivity contribution < 1.29 is 28.5 Å². The van der Waals surface area contributed by atoms with Crippen molar-refractivity contribution in [3.8, 4) is 23.0 Å². The number of amides is 2. The number of carbonyl (C=O) groups excluding carboxylic acids is 2. The van der Waals surface area contributed by atoms with Gasteiger partial charge in [-0.05, 0) is 42.0 Å². The summed E-state index contributed by atoms with van der Waals surface area (Å²) in [5, 5.41) is 3.12. The van der Waals surface area contributed by atoms with Crippen LogP contribution in [0.25, 0.3) is 5.57 Å². The minimum atomic E-state index is -0.495. The molecule has 34 heavy (non-hydrogen) atoms. The van der Waals surface area contributed by atoms with Crippen molar-refractivity contribution in [2.75, 3.05) is 38.7 Å². The second-order valence-electron chi connectivity index (χ2n) is 7.29. The Morgan fingerprint density at radius 2 is 1.35 bits per heavy atom. The highest BCUT2D eigenvalue weighted by atomic mass is 16.5. The summed E-state index contributed by atoms with van der Waals surface area (Å²) in [4.78, 5) is 28.4. The molecule has 0 saturated heterocycles. The van der Waals surface area contributed by atoms with E-state index in [9.17, 15) is 9.59 Å². The van der Waals surface area contributed by atoms with E-state index in [2.05, 4.69) is 5.32 Å². The maximum atomic E-state index is 13.6. The van der Waals surface area contributed by atoms with Crippen molar-refractivity contribution in [1.29, 1.82) is 0 Å². The predicted octanol–water partition coefficient (Wildman–Crippen LogP) is 4.12. The first-order valence-electron chi connectivity index (χ1n) is 10.4. The summed E-state index contributed by atoms with van der Waals surface area (Å²) in [6.07, 6.45) is 0. The van der Waals surface area contributed by atoms with Crippen LogP contribution in [-0.4, -0.2) is 40.3 Å². The number of carbonyl (C=O) groups is 2. The number of rotatable bonds is 8. The Kier molecular flexibility index (Phi) is 6.40. The van der Waals surface area contributed by atoms with Gasteiger partial charge in [0.25, 0.3) is 11.8 Å². The molecule has 8 heteroatoms. The molecule has 1 aliphatic rings. The number of hydrogen-bond acceptors (Lipinski definition) is 7. The van der Waals surface area contributed by atoms with Crippen LogP contribution in [0.2, 0.25) is 0 Å². The van der Waals surface area contributed by atoms with Crippen molar-refractivity contribution >= 4 is 28.8 Å². The average molecular weight is 460 g/mol. The van der Waals surface area contributed by atoms with Crippen molar-refractivity contribution in [2.45, 2.75) is 0 Å². The SMILES string of the molecule is COc1ccc(OC)c(NC2=C(c3ccc(OC)c(OC)c3)C(=O)N(c3ccccc3)C2=O)c1. The van der Waals surface area contributed by atoms with Gasteiger partial charge in [-0.3, -0.25) is 9.59 Å². The van der Waals surface area contributed by atoms with Crippen LogP contribution in [0.1, 0.15) is 5.56 Å². The van der Waals surface area contributed by atoms with Crippen LogP contribution in [0.5, 0.6) is 23.0 Å². The van der Waals surface area contributed by atoms with E-state index in [0.717, 1.165) is 4.90 Å². The van der Waals surface area contributed by atoms with Crippen molar-refractivity contribution in [2.24, 2.45) is 0 Å². The van der Waals surface area contributed by atoms with Gasteiger partial charge >= 0.3 is 0 Å². The van der Waals surface area contributed by atoms with E-state index in [-0.39, 0.29) is 11.3 Å². The Morgan fingerprint density at radius 1 is 0.676 bits per heavy atom. The van der Waals surface area contributed by atoms with Gasteiger partial charge in [-0.15, -0.1) is 0 Å². The number of para-hydroxylation sites is 1. The van der Waals surface area contributed by atoms with Crippen LogP contribution in [-0.2, 0) is 9.59 Å². The molecule has 0 aromatic heterocycles. The zero-order valence-corrected chi connectivity index (χ0v) is 19.2. The zero-order valence-electron chi connectivity index (χ0n) is 19.2. The molecule has 3 aromatic carbocycles. The number of nitrogens with one attached hydrogen (secondary N) is 1. The molecule has 2 amide bonds. The zero-order chi connectivity index (χ0) is 24.2. The fourth-order valence-electron chi connectivity index (χ4n) is 3.76. The topological polar surface area (TPSA) is 86.3 Å². The molecule has 174 valence electrons. The molecule has 0 spiro atoms. The van der Waals surface area contributed by atoms with E-state index >= 15 is 0 Å². The van der Waals surface area contributed by atoms with Crippen LogP contribution in [0.15, 0.2) is 72.4 Å². The van der Waals surface area contributed by atoms with Crippen LogP contribution in [0, 0.1) is 0 Å². The van der Waals surface area contributed by atoms with E-state index in [0.29, 0.717) is 39.9 Å². The molecule has 1 N–H and O–H groups in total. The minimum absolute atomic E-state index is 0.104. The van der Waals surface area contributed by atoms with Gasteiger partial charge in [0, 0.05) is 6.07 Å². The van der Waals surface area contributed by atoms with Crippen LogP contribution >= 0.6 is 0 Å². The van der Waals surface area contributed by atoms with Gasteiger partial charge in [0.15, 0.2) is 11.5 Å². The van der Waals surface area contributed by atoms with Gasteiger partial charge in [-0.1, -0.05) is 24.3 Å². The summed E-state index contributed by atoms with van der Waals surface area (Å²) in [7, 11) is 6.10. The lowest BCUT2D eigenvalue weighted by atomic mass is 10.0. The van der Waals surface area contributed by atoms with E-state index in [1.54, 1.807) is 67.8 Å². The third-order valence-corrected chi connectivity index (χ3v) is 5.44. The molecule has 0 unspecified atom stereocenters. The molecule has 0 aliphatic carbocycles. The largest absolute Gasteiger partial charge is 0.497 e. The standard InChI is InChI=1S/C26H24N2O6/c1-31-18-11-13-20(32-2)19(15-18)27-24-23(16-10-12-21(33-3)22(14-16)34-4)25(29)28(26(24)30)17-8-6-5-7-9-17/h5-15,27H,1-4H3. The molecule has 4 rings (SSSR count). The van der Waals surface area contributed by atoms with Crippen LogP contribution in [0.3, 0.4) is 0 Å². The first kappa shape index (κ1) is 22.7. The van der Waals surface area contributed by atoms with Crippen molar-refractivity contribution in [3.05, 3.63) is 78.0 Å². The highest BCUT2D eigenvalue weighted by molar-refractivity contribution is 6.46. The van der Waals surface area contributed by atoms with E-state index in [1.807, 2.05) is 6.07 Å². The molecular formula is C26H24N2O6. The Labute approximate surface area is 197 Å². The Balaban J connectivity index is 1.88. The lowest BCUT2D eigenvalue weighted by molar-refractivity contribution is -0.120. The van der Waals surface area contributed by atoms with E-state index in [4.69, 9.17) is 18.9 Å². The highest BCUT2D eigenvalue weighted by Gasteiger charge is 2.40. The van der Waals surface area contributed by atoms with Crippen molar-refractivity contribution in [3.63, 3.8) is 0 Å². The summed E-state index contributed by atoms with van der Waals surface area (Å²) < 4.78 is 21.5. The number of imide groups is 1. The fourth-order valence-corrected chi connectivity index (χ4v) is 3.76. The molecule has 0 saturated carbocycles. The summed E-state index contributed by atoms with van der Waals surface area (Å²) >= 11 is 0. The summed E-state index contributed by atoms with van der Waals surface area (Å²) in [5.41, 5.74) is 1.74. The summed E-state index contributed by atoms with van der Waals surface area (Å²) in [6, 6.07) is 19.0. The van der Waals surface area contributed by atoms with Crippen LogP contribution in [0.4, 0.5) is 11.4 Å². The van der Waals surface area contributed by atoms with Crippen molar-refractivity contribution in [1.82, 2.24) is 0 Å². The van der Waals surface area contributed by atoms with Gasteiger partial charge in [0.1, 0.15) is 17.2 Å². The predicted molar refractivity (Wildman–Crippen MR) is 129 cm³/mol. The first-order valence-corrected chi connectivity index (χ1v) is 10.4. The summed E-state index contributed by atoms with van der Waals surface area (Å²) in [5.74, 6) is 1.03. The van der Waals surface area contributed by atoms with Gasteiger partial charge in [-0.25, -0.2) is 4.90 Å². The van der Waals surface area contributed by atoms with Gasteiger partial charge in [0.05, 0.1) is 45.4 Å². The minimum Gasteiger partial charge on any atom is -0.497 e. The Hall–Kier alpha value is -4.46. The van der Waals surface area contributed by atoms with Gasteiger partial charge < -0.3 is 24.3 Å². The molecule has 3 aromatic rings. The molecule has 1 heterocycles. The number of methoxy groups -OCH3 is 4. The Bertz CT molecular complexity index is 1270. The smallest absolute Gasteiger partial charge is 0.282 e. The number of anilines is 2. The molecule has 0 fully saturated rings. The molecule has 1 aliphatic heterocycles. The number of nitrogens with zero attached hydrogens (tertiary/aromatic N) is 1. The maximum absolute atomic E-state index is 13.6. The normalized spacial score (nSPS) is 13.2. The third-order valence-electron chi connectivity index (χ3n) is 5.44.